The second kappa shape index (κ2) is 4.28. The van der Waals surface area contributed by atoms with Crippen LogP contribution in [0.5, 0.6) is 0 Å². The van der Waals surface area contributed by atoms with Gasteiger partial charge in [0.1, 0.15) is 11.5 Å². The predicted octanol–water partition coefficient (Wildman–Crippen LogP) is 1.52. The van der Waals surface area contributed by atoms with E-state index in [9.17, 15) is 9.59 Å². The number of Topliss-reactive ketones (excluding diaryl/α,β-unsaturated/α-hetero) is 1. The Labute approximate surface area is 86.4 Å². The van der Waals surface area contributed by atoms with Gasteiger partial charge in [0.15, 0.2) is 0 Å². The molecule has 0 amide bonds. The van der Waals surface area contributed by atoms with Crippen LogP contribution in [0.15, 0.2) is 12.3 Å². The molecule has 0 aliphatic rings. The molecule has 14 heavy (non-hydrogen) atoms. The van der Waals surface area contributed by atoms with Crippen molar-refractivity contribution in [3.05, 3.63) is 23.0 Å². The van der Waals surface area contributed by atoms with E-state index in [4.69, 9.17) is 11.6 Å². The lowest BCUT2D eigenvalue weighted by Gasteiger charge is -2.05. The van der Waals surface area contributed by atoms with Crippen molar-refractivity contribution < 1.29 is 14.3 Å². The van der Waals surface area contributed by atoms with E-state index in [0.29, 0.717) is 0 Å². The lowest BCUT2D eigenvalue weighted by molar-refractivity contribution is -0.117. The van der Waals surface area contributed by atoms with Crippen molar-refractivity contribution in [2.75, 3.05) is 7.11 Å². The second-order valence-corrected chi connectivity index (χ2v) is 3.24. The summed E-state index contributed by atoms with van der Waals surface area (Å²) in [6, 6.07) is 1.55. The van der Waals surface area contributed by atoms with E-state index in [0.717, 1.165) is 0 Å². The highest BCUT2D eigenvalue weighted by atomic mass is 35.5. The topological polar surface area (TPSA) is 48.3 Å². The molecule has 0 spiro atoms. The van der Waals surface area contributed by atoms with Gasteiger partial charge in [-0.1, -0.05) is 11.6 Å². The first-order valence-corrected chi connectivity index (χ1v) is 4.36. The summed E-state index contributed by atoms with van der Waals surface area (Å²) in [5.74, 6) is -0.594. The summed E-state index contributed by atoms with van der Waals surface area (Å²) in [7, 11) is 1.27. The number of rotatable bonds is 3. The second-order valence-electron chi connectivity index (χ2n) is 2.83. The Morgan fingerprint density at radius 3 is 2.71 bits per heavy atom. The summed E-state index contributed by atoms with van der Waals surface area (Å²) in [6.07, 6.45) is 1.58. The highest BCUT2D eigenvalue weighted by Gasteiger charge is 2.16. The van der Waals surface area contributed by atoms with Crippen molar-refractivity contribution in [3.8, 4) is 0 Å². The molecule has 0 aromatic carbocycles. The molecule has 76 valence electrons. The molecular weight excluding hydrogens is 206 g/mol. The van der Waals surface area contributed by atoms with E-state index in [1.54, 1.807) is 12.3 Å². The summed E-state index contributed by atoms with van der Waals surface area (Å²) in [5, 5.41) is 0.290. The number of esters is 1. The van der Waals surface area contributed by atoms with Crippen LogP contribution in [-0.4, -0.2) is 23.4 Å². The van der Waals surface area contributed by atoms with Crippen LogP contribution in [0.25, 0.3) is 0 Å². The van der Waals surface area contributed by atoms with Crippen LogP contribution in [0.3, 0.4) is 0 Å². The van der Waals surface area contributed by atoms with Gasteiger partial charge in [-0.2, -0.15) is 0 Å². The van der Waals surface area contributed by atoms with Gasteiger partial charge < -0.3 is 9.30 Å². The first-order chi connectivity index (χ1) is 6.56. The lowest BCUT2D eigenvalue weighted by atomic mass is 10.4. The molecular formula is C9H10ClNO3. The van der Waals surface area contributed by atoms with Crippen molar-refractivity contribution in [1.29, 1.82) is 0 Å². The highest BCUT2D eigenvalue weighted by Crippen LogP contribution is 2.18. The zero-order valence-corrected chi connectivity index (χ0v) is 8.67. The highest BCUT2D eigenvalue weighted by molar-refractivity contribution is 6.33. The summed E-state index contributed by atoms with van der Waals surface area (Å²) in [5.41, 5.74) is 0.212. The van der Waals surface area contributed by atoms with Gasteiger partial charge in [-0.3, -0.25) is 4.79 Å². The quantitative estimate of drug-likeness (QED) is 0.719. The molecule has 1 aromatic rings. The van der Waals surface area contributed by atoms with Crippen molar-refractivity contribution in [3.63, 3.8) is 0 Å². The smallest absolute Gasteiger partial charge is 0.356 e. The summed E-state index contributed by atoms with van der Waals surface area (Å²) in [6.45, 7) is 1.56. The number of halogens is 1. The fourth-order valence-electron chi connectivity index (χ4n) is 1.13. The van der Waals surface area contributed by atoms with Crippen LogP contribution >= 0.6 is 11.6 Å². The number of carbonyl (C=O) groups is 2. The fraction of sp³-hybridized carbons (Fsp3) is 0.333. The Morgan fingerprint density at radius 1 is 1.57 bits per heavy atom. The van der Waals surface area contributed by atoms with Crippen molar-refractivity contribution >= 4 is 23.4 Å². The molecule has 1 heterocycles. The number of aromatic nitrogens is 1. The zero-order chi connectivity index (χ0) is 10.7. The molecule has 0 atom stereocenters. The summed E-state index contributed by atoms with van der Waals surface area (Å²) in [4.78, 5) is 22.1. The minimum atomic E-state index is -0.541. The molecule has 1 rings (SSSR count). The van der Waals surface area contributed by atoms with Crippen molar-refractivity contribution in [2.24, 2.45) is 0 Å². The summed E-state index contributed by atoms with van der Waals surface area (Å²) < 4.78 is 6.01. The van der Waals surface area contributed by atoms with Gasteiger partial charge in [0.25, 0.3) is 0 Å². The van der Waals surface area contributed by atoms with E-state index in [2.05, 4.69) is 4.74 Å². The van der Waals surface area contributed by atoms with E-state index >= 15 is 0 Å². The third-order valence-corrected chi connectivity index (χ3v) is 1.99. The van der Waals surface area contributed by atoms with Gasteiger partial charge in [0.05, 0.1) is 18.7 Å². The maximum Gasteiger partial charge on any atom is 0.356 e. The molecule has 0 aliphatic heterocycles. The Balaban J connectivity index is 3.05. The minimum absolute atomic E-state index is 0.0533. The van der Waals surface area contributed by atoms with Crippen LogP contribution in [0, 0.1) is 0 Å². The van der Waals surface area contributed by atoms with E-state index in [1.165, 1.54) is 18.6 Å². The van der Waals surface area contributed by atoms with Gasteiger partial charge in [0, 0.05) is 6.20 Å². The third kappa shape index (κ3) is 2.14. The number of nitrogens with zero attached hydrogens (tertiary/aromatic N) is 1. The van der Waals surface area contributed by atoms with Crippen molar-refractivity contribution in [2.45, 2.75) is 13.5 Å². The van der Waals surface area contributed by atoms with E-state index in [-0.39, 0.29) is 23.0 Å². The number of hydrogen-bond acceptors (Lipinski definition) is 3. The lowest BCUT2D eigenvalue weighted by Crippen LogP contribution is -2.14. The fourth-order valence-corrected chi connectivity index (χ4v) is 1.37. The van der Waals surface area contributed by atoms with Gasteiger partial charge in [0.2, 0.25) is 0 Å². The SMILES string of the molecule is COC(=O)c1c(Cl)ccn1CC(C)=O. The summed E-state index contributed by atoms with van der Waals surface area (Å²) >= 11 is 5.77. The van der Waals surface area contributed by atoms with Gasteiger partial charge in [-0.05, 0) is 13.0 Å². The molecule has 0 bridgehead atoms. The van der Waals surface area contributed by atoms with Crippen LogP contribution < -0.4 is 0 Å². The van der Waals surface area contributed by atoms with E-state index in [1.807, 2.05) is 0 Å². The number of carbonyl (C=O) groups excluding carboxylic acids is 2. The van der Waals surface area contributed by atoms with Gasteiger partial charge in [-0.15, -0.1) is 0 Å². The molecule has 0 unspecified atom stereocenters. The largest absolute Gasteiger partial charge is 0.464 e. The van der Waals surface area contributed by atoms with Crippen LogP contribution in [0.1, 0.15) is 17.4 Å². The average molecular weight is 216 g/mol. The number of methoxy groups -OCH3 is 1. The normalized spacial score (nSPS) is 9.93. The maximum absolute atomic E-state index is 11.3. The average Bonchev–Trinajstić information content (AvgIpc) is 2.45. The number of hydrogen-bond donors (Lipinski definition) is 0. The monoisotopic (exact) mass is 215 g/mol. The molecule has 0 N–H and O–H groups in total. The third-order valence-electron chi connectivity index (χ3n) is 1.69. The van der Waals surface area contributed by atoms with Crippen LogP contribution in [-0.2, 0) is 16.1 Å². The Hall–Kier alpha value is -1.29. The predicted molar refractivity (Wildman–Crippen MR) is 51.5 cm³/mol. The minimum Gasteiger partial charge on any atom is -0.464 e. The Bertz CT molecular complexity index is 370. The first kappa shape index (κ1) is 10.8. The standard InChI is InChI=1S/C9H10ClNO3/c1-6(12)5-11-4-3-7(10)8(11)9(13)14-2/h3-4H,5H2,1-2H3. The molecule has 1 aromatic heterocycles. The zero-order valence-electron chi connectivity index (χ0n) is 7.91. The van der Waals surface area contributed by atoms with Gasteiger partial charge >= 0.3 is 5.97 Å². The Morgan fingerprint density at radius 2 is 2.21 bits per heavy atom. The first-order valence-electron chi connectivity index (χ1n) is 3.98. The van der Waals surface area contributed by atoms with E-state index < -0.39 is 5.97 Å². The maximum atomic E-state index is 11.3. The Kier molecular flexibility index (Phi) is 3.30. The molecule has 0 saturated heterocycles. The molecule has 4 nitrogen and oxygen atoms in total. The molecule has 0 saturated carbocycles. The molecule has 0 fully saturated rings. The number of ether oxygens (including phenoxy) is 1. The number of ketones is 1. The van der Waals surface area contributed by atoms with Gasteiger partial charge in [-0.25, -0.2) is 4.79 Å². The van der Waals surface area contributed by atoms with Crippen LogP contribution in [0.4, 0.5) is 0 Å². The van der Waals surface area contributed by atoms with Crippen LogP contribution in [0.2, 0.25) is 5.02 Å². The molecule has 5 heteroatoms. The molecule has 0 aliphatic carbocycles. The van der Waals surface area contributed by atoms with Crippen molar-refractivity contribution in [1.82, 2.24) is 4.57 Å². The molecule has 0 radical (unpaired) electrons.